The predicted octanol–water partition coefficient (Wildman–Crippen LogP) is 4.06. The summed E-state index contributed by atoms with van der Waals surface area (Å²) in [7, 11) is 0. The first-order valence-corrected chi connectivity index (χ1v) is 8.99. The van der Waals surface area contributed by atoms with E-state index in [0.29, 0.717) is 12.8 Å². The van der Waals surface area contributed by atoms with Crippen molar-refractivity contribution < 1.29 is 19.8 Å². The topological polar surface area (TPSA) is 74.6 Å². The van der Waals surface area contributed by atoms with Gasteiger partial charge in [-0.1, -0.05) is 56.6 Å². The van der Waals surface area contributed by atoms with E-state index >= 15 is 0 Å². The van der Waals surface area contributed by atoms with E-state index in [2.05, 4.69) is 6.92 Å². The van der Waals surface area contributed by atoms with Crippen LogP contribution in [0.1, 0.15) is 58.3 Å². The van der Waals surface area contributed by atoms with Crippen LogP contribution in [0.4, 0.5) is 0 Å². The van der Waals surface area contributed by atoms with Crippen molar-refractivity contribution in [2.24, 2.45) is 11.8 Å². The number of aliphatic hydroxyl groups excluding tert-OH is 1. The van der Waals surface area contributed by atoms with Crippen molar-refractivity contribution in [3.8, 4) is 0 Å². The Labute approximate surface area is 145 Å². The first-order valence-electron chi connectivity index (χ1n) is 8.99. The van der Waals surface area contributed by atoms with Crippen LogP contribution in [0.5, 0.6) is 0 Å². The van der Waals surface area contributed by atoms with Crippen LogP contribution in [-0.4, -0.2) is 28.1 Å². The quantitative estimate of drug-likeness (QED) is 0.417. The van der Waals surface area contributed by atoms with Gasteiger partial charge in [0.2, 0.25) is 0 Å². The Morgan fingerprint density at radius 3 is 2.79 bits per heavy atom. The lowest BCUT2D eigenvalue weighted by Crippen LogP contribution is -2.14. The third kappa shape index (κ3) is 8.25. The van der Waals surface area contributed by atoms with Crippen molar-refractivity contribution in [3.05, 3.63) is 36.5 Å². The number of ketones is 1. The van der Waals surface area contributed by atoms with Gasteiger partial charge < -0.3 is 10.2 Å². The number of carboxylic acid groups (broad SMARTS) is 1. The van der Waals surface area contributed by atoms with Crippen LogP contribution in [0.2, 0.25) is 0 Å². The lowest BCUT2D eigenvalue weighted by Gasteiger charge is -2.13. The molecule has 0 heterocycles. The third-order valence-corrected chi connectivity index (χ3v) is 4.29. The van der Waals surface area contributed by atoms with Gasteiger partial charge in [0.25, 0.3) is 0 Å². The molecule has 0 bridgehead atoms. The molecule has 134 valence electrons. The molecule has 0 radical (unpaired) electrons. The van der Waals surface area contributed by atoms with Crippen molar-refractivity contribution in [3.63, 3.8) is 0 Å². The number of hydrogen-bond donors (Lipinski definition) is 2. The normalized spacial score (nSPS) is 22.0. The average Bonchev–Trinajstić information content (AvgIpc) is 2.89. The molecule has 0 aromatic heterocycles. The number of aliphatic carboxylic acids is 1. The molecule has 4 heteroatoms. The van der Waals surface area contributed by atoms with Crippen LogP contribution in [0, 0.1) is 11.8 Å². The highest BCUT2D eigenvalue weighted by Crippen LogP contribution is 2.27. The van der Waals surface area contributed by atoms with Gasteiger partial charge in [-0.3, -0.25) is 9.59 Å². The SMILES string of the molecule is CCCCC[C@@H](O)/C=C/C1C=CC(=O)C1C/C=C/CCCC(=O)O. The van der Waals surface area contributed by atoms with Crippen LogP contribution in [0.3, 0.4) is 0 Å². The summed E-state index contributed by atoms with van der Waals surface area (Å²) in [4.78, 5) is 22.4. The summed E-state index contributed by atoms with van der Waals surface area (Å²) in [5, 5.41) is 18.5. The molecule has 1 aliphatic rings. The maximum atomic E-state index is 12.0. The molecule has 0 aromatic rings. The van der Waals surface area contributed by atoms with Crippen LogP contribution in [0.15, 0.2) is 36.5 Å². The molecular weight excluding hydrogens is 304 g/mol. The molecule has 0 aliphatic heterocycles. The summed E-state index contributed by atoms with van der Waals surface area (Å²) in [5.74, 6) is -0.705. The summed E-state index contributed by atoms with van der Waals surface area (Å²) in [5.41, 5.74) is 0. The summed E-state index contributed by atoms with van der Waals surface area (Å²) < 4.78 is 0. The van der Waals surface area contributed by atoms with Gasteiger partial charge in [-0.25, -0.2) is 0 Å². The molecule has 1 rings (SSSR count). The minimum absolute atomic E-state index is 0.0435. The lowest BCUT2D eigenvalue weighted by molar-refractivity contribution is -0.137. The number of hydrogen-bond acceptors (Lipinski definition) is 3. The highest BCUT2D eigenvalue weighted by atomic mass is 16.4. The number of carbonyl (C=O) groups is 2. The second-order valence-electron chi connectivity index (χ2n) is 6.39. The predicted molar refractivity (Wildman–Crippen MR) is 95.7 cm³/mol. The van der Waals surface area contributed by atoms with Crippen LogP contribution >= 0.6 is 0 Å². The van der Waals surface area contributed by atoms with Crippen molar-refractivity contribution >= 4 is 11.8 Å². The summed E-state index contributed by atoms with van der Waals surface area (Å²) in [6.45, 7) is 2.14. The summed E-state index contributed by atoms with van der Waals surface area (Å²) in [6, 6.07) is 0. The Hall–Kier alpha value is -1.68. The number of rotatable bonds is 12. The van der Waals surface area contributed by atoms with Crippen molar-refractivity contribution in [2.75, 3.05) is 0 Å². The van der Waals surface area contributed by atoms with Crippen LogP contribution in [-0.2, 0) is 9.59 Å². The van der Waals surface area contributed by atoms with Crippen molar-refractivity contribution in [1.29, 1.82) is 0 Å². The minimum atomic E-state index is -0.777. The Kier molecular flexibility index (Phi) is 10.0. The second kappa shape index (κ2) is 11.8. The van der Waals surface area contributed by atoms with E-state index in [1.165, 1.54) is 0 Å². The van der Waals surface area contributed by atoms with Crippen LogP contribution < -0.4 is 0 Å². The maximum Gasteiger partial charge on any atom is 0.303 e. The molecule has 0 amide bonds. The lowest BCUT2D eigenvalue weighted by atomic mass is 9.90. The fourth-order valence-electron chi connectivity index (χ4n) is 2.81. The molecular formula is C20H30O4. The van der Waals surface area contributed by atoms with Gasteiger partial charge in [0.15, 0.2) is 5.78 Å². The van der Waals surface area contributed by atoms with Crippen molar-refractivity contribution in [1.82, 2.24) is 0 Å². The number of unbranched alkanes of at least 4 members (excludes halogenated alkanes) is 3. The van der Waals surface area contributed by atoms with Gasteiger partial charge in [-0.05, 0) is 31.8 Å². The highest BCUT2D eigenvalue weighted by Gasteiger charge is 2.27. The molecule has 2 unspecified atom stereocenters. The Morgan fingerprint density at radius 1 is 1.29 bits per heavy atom. The van der Waals surface area contributed by atoms with Crippen molar-refractivity contribution in [2.45, 2.75) is 64.4 Å². The zero-order chi connectivity index (χ0) is 17.8. The first kappa shape index (κ1) is 20.4. The molecule has 24 heavy (non-hydrogen) atoms. The Morgan fingerprint density at radius 2 is 2.08 bits per heavy atom. The average molecular weight is 334 g/mol. The van der Waals surface area contributed by atoms with E-state index in [4.69, 9.17) is 5.11 Å². The van der Waals surface area contributed by atoms with Gasteiger partial charge in [-0.15, -0.1) is 0 Å². The zero-order valence-electron chi connectivity index (χ0n) is 14.6. The molecule has 0 fully saturated rings. The van der Waals surface area contributed by atoms with Gasteiger partial charge in [0.05, 0.1) is 6.10 Å². The second-order valence-corrected chi connectivity index (χ2v) is 6.39. The molecule has 3 atom stereocenters. The van der Waals surface area contributed by atoms with Gasteiger partial charge in [0, 0.05) is 18.3 Å². The van der Waals surface area contributed by atoms with E-state index in [-0.39, 0.29) is 24.0 Å². The number of aliphatic hydroxyl groups is 1. The number of carboxylic acids is 1. The fourth-order valence-corrected chi connectivity index (χ4v) is 2.81. The van der Waals surface area contributed by atoms with E-state index in [0.717, 1.165) is 32.1 Å². The number of carbonyl (C=O) groups excluding carboxylic acids is 1. The highest BCUT2D eigenvalue weighted by molar-refractivity contribution is 5.95. The Balaban J connectivity index is 2.38. The third-order valence-electron chi connectivity index (χ3n) is 4.29. The molecule has 0 aromatic carbocycles. The van der Waals surface area contributed by atoms with E-state index < -0.39 is 12.1 Å². The molecule has 1 aliphatic carbocycles. The van der Waals surface area contributed by atoms with E-state index in [1.807, 2.05) is 30.4 Å². The standard InChI is InChI=1S/C20H30O4/c1-2-3-6-9-17(21)14-12-16-13-15-19(22)18(16)10-7-4-5-8-11-20(23)24/h4,7,12-18,21H,2-3,5-6,8-11H2,1H3,(H,23,24)/b7-4+,14-12+/t16?,17-,18?/m1/s1. The first-order chi connectivity index (χ1) is 11.5. The van der Waals surface area contributed by atoms with Gasteiger partial charge >= 0.3 is 5.97 Å². The maximum absolute atomic E-state index is 12.0. The Bertz CT molecular complexity index is 476. The molecule has 0 spiro atoms. The molecule has 2 N–H and O–H groups in total. The number of allylic oxidation sites excluding steroid dienone is 5. The molecule has 0 saturated heterocycles. The minimum Gasteiger partial charge on any atom is -0.481 e. The molecule has 4 nitrogen and oxygen atoms in total. The van der Waals surface area contributed by atoms with E-state index in [9.17, 15) is 14.7 Å². The zero-order valence-corrected chi connectivity index (χ0v) is 14.6. The van der Waals surface area contributed by atoms with Gasteiger partial charge in [-0.2, -0.15) is 0 Å². The largest absolute Gasteiger partial charge is 0.481 e. The summed E-state index contributed by atoms with van der Waals surface area (Å²) in [6.07, 6.45) is 17.0. The smallest absolute Gasteiger partial charge is 0.303 e. The molecule has 0 saturated carbocycles. The monoisotopic (exact) mass is 334 g/mol. The van der Waals surface area contributed by atoms with Gasteiger partial charge in [0.1, 0.15) is 0 Å². The van der Waals surface area contributed by atoms with Crippen LogP contribution in [0.25, 0.3) is 0 Å². The van der Waals surface area contributed by atoms with E-state index in [1.54, 1.807) is 6.08 Å². The summed E-state index contributed by atoms with van der Waals surface area (Å²) >= 11 is 0. The fraction of sp³-hybridized carbons (Fsp3) is 0.600.